The number of hydrogen-bond acceptors (Lipinski definition) is 3. The summed E-state index contributed by atoms with van der Waals surface area (Å²) in [5.41, 5.74) is 6.41. The van der Waals surface area contributed by atoms with Gasteiger partial charge in [0.15, 0.2) is 0 Å². The predicted octanol–water partition coefficient (Wildman–Crippen LogP) is 3.59. The second-order valence-corrected chi connectivity index (χ2v) is 4.24. The summed E-state index contributed by atoms with van der Waals surface area (Å²) in [6, 6.07) is 6.43. The summed E-state index contributed by atoms with van der Waals surface area (Å²) in [6.07, 6.45) is 2.48. The Kier molecular flexibility index (Phi) is 5.84. The maximum atomic E-state index is 4.94. The van der Waals surface area contributed by atoms with Crippen molar-refractivity contribution in [2.24, 2.45) is 0 Å². The van der Waals surface area contributed by atoms with Crippen LogP contribution in [0.5, 0.6) is 0 Å². The van der Waals surface area contributed by atoms with Gasteiger partial charge in [-0.05, 0) is 44.0 Å². The molecule has 1 aromatic rings. The summed E-state index contributed by atoms with van der Waals surface area (Å²) in [5.74, 6) is 0. The molecule has 0 saturated heterocycles. The number of aryl methyl sites for hydroxylation is 1. The normalized spacial score (nSPS) is 10.4. The smallest absolute Gasteiger partial charge is 0.0636 e. The molecule has 3 nitrogen and oxygen atoms in total. The highest BCUT2D eigenvalue weighted by Crippen LogP contribution is 2.22. The van der Waals surface area contributed by atoms with E-state index in [1.165, 1.54) is 24.1 Å². The van der Waals surface area contributed by atoms with Crippen LogP contribution in [0, 0.1) is 6.92 Å². The third kappa shape index (κ3) is 3.93. The molecule has 96 valence electrons. The third-order valence-electron chi connectivity index (χ3n) is 2.95. The highest BCUT2D eigenvalue weighted by Gasteiger charge is 2.05. The molecule has 1 aromatic carbocycles. The lowest BCUT2D eigenvalue weighted by molar-refractivity contribution is 0.270. The number of nitrogens with zero attached hydrogens (tertiary/aromatic N) is 1. The highest BCUT2D eigenvalue weighted by molar-refractivity contribution is 5.59. The largest absolute Gasteiger partial charge is 0.372 e. The molecular weight excluding hydrogens is 212 g/mol. The van der Waals surface area contributed by atoms with Gasteiger partial charge < -0.3 is 4.90 Å². The molecule has 1 rings (SSSR count). The molecule has 0 fully saturated rings. The second-order valence-electron chi connectivity index (χ2n) is 4.24. The van der Waals surface area contributed by atoms with Gasteiger partial charge in [0, 0.05) is 18.8 Å². The van der Waals surface area contributed by atoms with Gasteiger partial charge in [-0.1, -0.05) is 13.3 Å². The van der Waals surface area contributed by atoms with Gasteiger partial charge in [-0.3, -0.25) is 10.3 Å². The van der Waals surface area contributed by atoms with Crippen LogP contribution < -0.4 is 10.4 Å². The Balaban J connectivity index is 2.79. The van der Waals surface area contributed by atoms with Crippen molar-refractivity contribution < 1.29 is 4.84 Å². The third-order valence-corrected chi connectivity index (χ3v) is 2.95. The van der Waals surface area contributed by atoms with Crippen LogP contribution in [0.3, 0.4) is 0 Å². The zero-order chi connectivity index (χ0) is 12.7. The van der Waals surface area contributed by atoms with E-state index in [2.05, 4.69) is 49.4 Å². The van der Waals surface area contributed by atoms with E-state index in [9.17, 15) is 0 Å². The van der Waals surface area contributed by atoms with Gasteiger partial charge in [0.05, 0.1) is 12.8 Å². The van der Waals surface area contributed by atoms with Gasteiger partial charge in [0.2, 0.25) is 0 Å². The van der Waals surface area contributed by atoms with Crippen LogP contribution in [0.4, 0.5) is 11.4 Å². The molecule has 0 atom stereocenters. The Morgan fingerprint density at radius 1 is 1.29 bits per heavy atom. The van der Waals surface area contributed by atoms with Crippen LogP contribution in [-0.2, 0) is 4.84 Å². The lowest BCUT2D eigenvalue weighted by Crippen LogP contribution is -2.23. The molecule has 3 heteroatoms. The fourth-order valence-corrected chi connectivity index (χ4v) is 1.89. The summed E-state index contributed by atoms with van der Waals surface area (Å²) in [5, 5.41) is 0. The minimum Gasteiger partial charge on any atom is -0.372 e. The van der Waals surface area contributed by atoms with Crippen LogP contribution in [0.15, 0.2) is 18.2 Å². The average molecular weight is 236 g/mol. The number of rotatable bonds is 7. The van der Waals surface area contributed by atoms with Gasteiger partial charge in [0.1, 0.15) is 0 Å². The lowest BCUT2D eigenvalue weighted by atomic mass is 10.1. The molecule has 0 heterocycles. The Bertz CT molecular complexity index is 339. The first-order valence-corrected chi connectivity index (χ1v) is 6.37. The first-order chi connectivity index (χ1) is 8.22. The van der Waals surface area contributed by atoms with E-state index in [-0.39, 0.29) is 0 Å². The number of unbranched alkanes of at least 4 members (excludes halogenated alkanes) is 1. The minimum absolute atomic E-state index is 1.03. The number of hydrogen-bond donors (Lipinski definition) is 1. The van der Waals surface area contributed by atoms with E-state index in [4.69, 9.17) is 4.84 Å². The Labute approximate surface area is 105 Å². The Hall–Kier alpha value is -1.22. The Morgan fingerprint density at radius 2 is 2.06 bits per heavy atom. The van der Waals surface area contributed by atoms with Crippen molar-refractivity contribution in [1.29, 1.82) is 0 Å². The van der Waals surface area contributed by atoms with Crippen molar-refractivity contribution in [3.63, 3.8) is 0 Å². The molecular formula is C14H24N2O. The van der Waals surface area contributed by atoms with Crippen molar-refractivity contribution in [1.82, 2.24) is 0 Å². The zero-order valence-electron chi connectivity index (χ0n) is 11.4. The quantitative estimate of drug-likeness (QED) is 0.732. The second kappa shape index (κ2) is 7.17. The summed E-state index contributed by atoms with van der Waals surface area (Å²) >= 11 is 0. The van der Waals surface area contributed by atoms with E-state index in [1.54, 1.807) is 7.11 Å². The summed E-state index contributed by atoms with van der Waals surface area (Å²) < 4.78 is 0. The van der Waals surface area contributed by atoms with Crippen molar-refractivity contribution in [2.75, 3.05) is 30.6 Å². The molecule has 0 aliphatic heterocycles. The van der Waals surface area contributed by atoms with Crippen LogP contribution in [0.2, 0.25) is 0 Å². The van der Waals surface area contributed by atoms with Gasteiger partial charge in [-0.15, -0.1) is 0 Å². The lowest BCUT2D eigenvalue weighted by Gasteiger charge is -2.24. The van der Waals surface area contributed by atoms with Gasteiger partial charge in [0.25, 0.3) is 0 Å². The number of benzene rings is 1. The first kappa shape index (κ1) is 13.8. The molecule has 0 amide bonds. The van der Waals surface area contributed by atoms with E-state index in [1.807, 2.05) is 0 Å². The molecule has 17 heavy (non-hydrogen) atoms. The van der Waals surface area contributed by atoms with E-state index in [0.717, 1.165) is 18.8 Å². The predicted molar refractivity (Wildman–Crippen MR) is 74.6 cm³/mol. The number of anilines is 2. The van der Waals surface area contributed by atoms with Crippen LogP contribution >= 0.6 is 0 Å². The van der Waals surface area contributed by atoms with Crippen LogP contribution in [-0.4, -0.2) is 20.2 Å². The fraction of sp³-hybridized carbons (Fsp3) is 0.571. The standard InChI is InChI=1S/C14H24N2O/c1-5-7-10-16(6-2)13-8-9-14(15-17-4)12(3)11-13/h8-9,11,15H,5-7,10H2,1-4H3. The maximum Gasteiger partial charge on any atom is 0.0636 e. The molecule has 0 unspecified atom stereocenters. The summed E-state index contributed by atoms with van der Waals surface area (Å²) in [7, 11) is 1.63. The summed E-state index contributed by atoms with van der Waals surface area (Å²) in [4.78, 5) is 7.35. The van der Waals surface area contributed by atoms with Crippen molar-refractivity contribution in [3.8, 4) is 0 Å². The summed E-state index contributed by atoms with van der Waals surface area (Å²) in [6.45, 7) is 8.70. The molecule has 0 spiro atoms. The SMILES string of the molecule is CCCCN(CC)c1ccc(NOC)c(C)c1. The van der Waals surface area contributed by atoms with Crippen molar-refractivity contribution in [2.45, 2.75) is 33.6 Å². The molecule has 0 radical (unpaired) electrons. The Morgan fingerprint density at radius 3 is 2.59 bits per heavy atom. The zero-order valence-corrected chi connectivity index (χ0v) is 11.4. The highest BCUT2D eigenvalue weighted by atomic mass is 16.6. The first-order valence-electron chi connectivity index (χ1n) is 6.37. The van der Waals surface area contributed by atoms with Gasteiger partial charge >= 0.3 is 0 Å². The van der Waals surface area contributed by atoms with Gasteiger partial charge in [-0.2, -0.15) is 0 Å². The van der Waals surface area contributed by atoms with E-state index >= 15 is 0 Å². The van der Waals surface area contributed by atoms with Crippen molar-refractivity contribution in [3.05, 3.63) is 23.8 Å². The molecule has 0 bridgehead atoms. The van der Waals surface area contributed by atoms with Gasteiger partial charge in [-0.25, -0.2) is 0 Å². The molecule has 0 aliphatic carbocycles. The maximum absolute atomic E-state index is 4.94. The molecule has 1 N–H and O–H groups in total. The topological polar surface area (TPSA) is 24.5 Å². The van der Waals surface area contributed by atoms with E-state index < -0.39 is 0 Å². The monoisotopic (exact) mass is 236 g/mol. The molecule has 0 aliphatic rings. The van der Waals surface area contributed by atoms with Crippen LogP contribution in [0.25, 0.3) is 0 Å². The average Bonchev–Trinajstić information content (AvgIpc) is 2.33. The molecule has 0 aromatic heterocycles. The minimum atomic E-state index is 1.03. The molecule has 0 saturated carbocycles. The van der Waals surface area contributed by atoms with Crippen LogP contribution in [0.1, 0.15) is 32.3 Å². The fourth-order valence-electron chi connectivity index (χ4n) is 1.89. The van der Waals surface area contributed by atoms with Crippen molar-refractivity contribution >= 4 is 11.4 Å². The van der Waals surface area contributed by atoms with E-state index in [0.29, 0.717) is 0 Å². The number of nitrogens with one attached hydrogen (secondary N) is 1.